The zero-order chi connectivity index (χ0) is 26.3. The smallest absolute Gasteiger partial charge is 0.365 e. The summed E-state index contributed by atoms with van der Waals surface area (Å²) in [5.74, 6) is -1.35. The molecule has 1 aliphatic carbocycles. The zero-order valence-electron chi connectivity index (χ0n) is 20.7. The highest BCUT2D eigenvalue weighted by Gasteiger charge is 2.31. The molecule has 13 heteroatoms. The highest BCUT2D eigenvalue weighted by atomic mass is 19.3. The number of halogens is 3. The Morgan fingerprint density at radius 3 is 2.62 bits per heavy atom. The maximum absolute atomic E-state index is 15.1. The Morgan fingerprint density at radius 2 is 1.92 bits per heavy atom. The number of rotatable bonds is 6. The average molecular weight is 517 g/mol. The SMILES string of the molecule is CNC(=O)c1nn(C)c2c1CCc1cnc(N(OC(F)F)c3cc(N4CCN(C)CC4)ccc3F)nc1-2. The fourth-order valence-electron chi connectivity index (χ4n) is 4.75. The van der Waals surface area contributed by atoms with Crippen molar-refractivity contribution in [1.29, 1.82) is 0 Å². The van der Waals surface area contributed by atoms with E-state index in [2.05, 4.69) is 30.2 Å². The van der Waals surface area contributed by atoms with Gasteiger partial charge in [0, 0.05) is 57.7 Å². The number of hydrogen-bond acceptors (Lipinski definition) is 8. The van der Waals surface area contributed by atoms with E-state index in [1.807, 2.05) is 7.05 Å². The van der Waals surface area contributed by atoms with Crippen LogP contribution in [0.4, 0.5) is 30.5 Å². The van der Waals surface area contributed by atoms with Crippen molar-refractivity contribution in [3.63, 3.8) is 0 Å². The lowest BCUT2D eigenvalue weighted by atomic mass is 9.93. The van der Waals surface area contributed by atoms with Gasteiger partial charge in [-0.25, -0.2) is 14.4 Å². The molecule has 1 saturated heterocycles. The normalized spacial score (nSPS) is 15.5. The van der Waals surface area contributed by atoms with Crippen LogP contribution < -0.4 is 15.3 Å². The molecule has 3 heterocycles. The summed E-state index contributed by atoms with van der Waals surface area (Å²) in [4.78, 5) is 30.1. The van der Waals surface area contributed by atoms with E-state index in [0.29, 0.717) is 53.6 Å². The van der Waals surface area contributed by atoms with Crippen LogP contribution in [0.3, 0.4) is 0 Å². The van der Waals surface area contributed by atoms with E-state index < -0.39 is 12.4 Å². The molecule has 1 aliphatic heterocycles. The monoisotopic (exact) mass is 516 g/mol. The number of likely N-dealkylation sites (N-methyl/N-ethyl adjacent to an activating group) is 1. The van der Waals surface area contributed by atoms with Crippen LogP contribution in [0.25, 0.3) is 11.4 Å². The average Bonchev–Trinajstić information content (AvgIpc) is 3.24. The Kier molecular flexibility index (Phi) is 6.73. The van der Waals surface area contributed by atoms with Crippen molar-refractivity contribution in [1.82, 2.24) is 30.0 Å². The van der Waals surface area contributed by atoms with E-state index in [1.165, 1.54) is 30.1 Å². The Labute approximate surface area is 211 Å². The number of benzene rings is 1. The summed E-state index contributed by atoms with van der Waals surface area (Å²) in [6, 6.07) is 4.30. The lowest BCUT2D eigenvalue weighted by Crippen LogP contribution is -2.44. The summed E-state index contributed by atoms with van der Waals surface area (Å²) in [6.45, 7) is -0.183. The minimum atomic E-state index is -3.25. The van der Waals surface area contributed by atoms with Gasteiger partial charge in [0.25, 0.3) is 11.9 Å². The first-order chi connectivity index (χ1) is 17.8. The first-order valence-corrected chi connectivity index (χ1v) is 11.9. The maximum Gasteiger partial charge on any atom is 0.365 e. The summed E-state index contributed by atoms with van der Waals surface area (Å²) in [5.41, 5.74) is 3.17. The lowest BCUT2D eigenvalue weighted by Gasteiger charge is -2.34. The van der Waals surface area contributed by atoms with Crippen LogP contribution in [0.5, 0.6) is 0 Å². The van der Waals surface area contributed by atoms with E-state index in [0.717, 1.165) is 18.7 Å². The molecule has 1 aromatic carbocycles. The van der Waals surface area contributed by atoms with Gasteiger partial charge in [0.05, 0.1) is 11.4 Å². The fraction of sp³-hybridized carbons (Fsp3) is 0.417. The number of piperazine rings is 1. The third-order valence-corrected chi connectivity index (χ3v) is 6.69. The van der Waals surface area contributed by atoms with E-state index in [1.54, 1.807) is 13.1 Å². The van der Waals surface area contributed by atoms with Gasteiger partial charge in [-0.2, -0.15) is 23.8 Å². The van der Waals surface area contributed by atoms with E-state index in [-0.39, 0.29) is 23.2 Å². The van der Waals surface area contributed by atoms with Crippen LogP contribution >= 0.6 is 0 Å². The van der Waals surface area contributed by atoms with E-state index in [9.17, 15) is 13.6 Å². The number of carbonyl (C=O) groups is 1. The Balaban J connectivity index is 1.57. The molecule has 10 nitrogen and oxygen atoms in total. The molecule has 0 spiro atoms. The lowest BCUT2D eigenvalue weighted by molar-refractivity contribution is -0.130. The number of nitrogens with zero attached hydrogens (tertiary/aromatic N) is 7. The van der Waals surface area contributed by atoms with E-state index >= 15 is 4.39 Å². The molecule has 1 fully saturated rings. The Hall–Kier alpha value is -3.71. The Bertz CT molecular complexity index is 1320. The summed E-state index contributed by atoms with van der Waals surface area (Å²) >= 11 is 0. The molecule has 0 unspecified atom stereocenters. The summed E-state index contributed by atoms with van der Waals surface area (Å²) in [7, 11) is 5.21. The fourth-order valence-corrected chi connectivity index (χ4v) is 4.75. The van der Waals surface area contributed by atoms with Crippen LogP contribution in [0.1, 0.15) is 21.6 Å². The van der Waals surface area contributed by atoms with Crippen molar-refractivity contribution in [2.24, 2.45) is 7.05 Å². The van der Waals surface area contributed by atoms with Gasteiger partial charge in [-0.1, -0.05) is 0 Å². The molecular formula is C24H27F3N8O2. The van der Waals surface area contributed by atoms with Crippen molar-refractivity contribution >= 4 is 23.2 Å². The predicted molar refractivity (Wildman–Crippen MR) is 130 cm³/mol. The maximum atomic E-state index is 15.1. The van der Waals surface area contributed by atoms with Gasteiger partial charge in [0.1, 0.15) is 11.5 Å². The molecular weight excluding hydrogens is 489 g/mol. The molecule has 0 atom stereocenters. The first kappa shape index (κ1) is 25.0. The number of aromatic nitrogens is 4. The third-order valence-electron chi connectivity index (χ3n) is 6.69. The number of anilines is 3. The molecule has 5 rings (SSSR count). The van der Waals surface area contributed by atoms with Crippen LogP contribution in [0.15, 0.2) is 24.4 Å². The van der Waals surface area contributed by atoms with Crippen molar-refractivity contribution in [2.75, 3.05) is 50.2 Å². The minimum absolute atomic E-state index is 0.233. The van der Waals surface area contributed by atoms with Gasteiger partial charge in [0.2, 0.25) is 0 Å². The highest BCUT2D eigenvalue weighted by Crippen LogP contribution is 2.37. The second-order valence-corrected chi connectivity index (χ2v) is 9.01. The Morgan fingerprint density at radius 1 is 1.16 bits per heavy atom. The van der Waals surface area contributed by atoms with Crippen LogP contribution in [0, 0.1) is 5.82 Å². The highest BCUT2D eigenvalue weighted by molar-refractivity contribution is 5.95. The van der Waals surface area contributed by atoms with Crippen molar-refractivity contribution in [3.8, 4) is 11.4 Å². The molecule has 2 aliphatic rings. The number of amides is 1. The van der Waals surface area contributed by atoms with Gasteiger partial charge < -0.3 is 15.1 Å². The van der Waals surface area contributed by atoms with Crippen molar-refractivity contribution in [3.05, 3.63) is 47.0 Å². The second kappa shape index (κ2) is 9.98. The molecule has 0 bridgehead atoms. The standard InChI is InChI=1S/C24H27F3N8O2/c1-28-22(36)20-16-6-4-14-13-29-24(30-19(14)21(16)33(3)31-20)35(37-23(26)27)18-12-15(5-7-17(18)25)34-10-8-32(2)9-11-34/h5,7,12-13,23H,4,6,8-11H2,1-3H3,(H,28,36). The van der Waals surface area contributed by atoms with Crippen LogP contribution in [0.2, 0.25) is 0 Å². The van der Waals surface area contributed by atoms with Gasteiger partial charge in [0.15, 0.2) is 5.69 Å². The number of fused-ring (bicyclic) bond motifs is 3. The number of carbonyl (C=O) groups excluding carboxylic acids is 1. The molecule has 1 amide bonds. The number of hydrogen-bond donors (Lipinski definition) is 1. The molecule has 0 saturated carbocycles. The molecule has 1 N–H and O–H groups in total. The molecule has 196 valence electrons. The van der Waals surface area contributed by atoms with Crippen LogP contribution in [-0.2, 0) is 24.7 Å². The van der Waals surface area contributed by atoms with Gasteiger partial charge in [-0.05, 0) is 43.7 Å². The first-order valence-electron chi connectivity index (χ1n) is 11.9. The van der Waals surface area contributed by atoms with Crippen molar-refractivity contribution in [2.45, 2.75) is 19.5 Å². The number of nitrogens with one attached hydrogen (secondary N) is 1. The van der Waals surface area contributed by atoms with Gasteiger partial charge >= 0.3 is 6.61 Å². The summed E-state index contributed by atoms with van der Waals surface area (Å²) < 4.78 is 43.7. The quantitative estimate of drug-likeness (QED) is 0.500. The third kappa shape index (κ3) is 4.71. The summed E-state index contributed by atoms with van der Waals surface area (Å²) in [5, 5.41) is 7.54. The summed E-state index contributed by atoms with van der Waals surface area (Å²) in [6.07, 6.45) is 2.58. The number of alkyl halides is 2. The zero-order valence-corrected chi connectivity index (χ0v) is 20.7. The van der Waals surface area contributed by atoms with Gasteiger partial charge in [-0.3, -0.25) is 9.48 Å². The topological polar surface area (TPSA) is 91.6 Å². The van der Waals surface area contributed by atoms with E-state index in [4.69, 9.17) is 4.84 Å². The molecule has 3 aromatic rings. The predicted octanol–water partition coefficient (Wildman–Crippen LogP) is 2.52. The second-order valence-electron chi connectivity index (χ2n) is 9.01. The molecule has 37 heavy (non-hydrogen) atoms. The largest absolute Gasteiger partial charge is 0.369 e. The minimum Gasteiger partial charge on any atom is -0.369 e. The molecule has 0 radical (unpaired) electrons. The molecule has 2 aromatic heterocycles. The van der Waals surface area contributed by atoms with Gasteiger partial charge in [-0.15, -0.1) is 0 Å². The number of aryl methyl sites for hydroxylation is 2. The van der Waals surface area contributed by atoms with Crippen molar-refractivity contribution < 1.29 is 22.8 Å². The van der Waals surface area contributed by atoms with Crippen LogP contribution in [-0.4, -0.2) is 77.4 Å².